The van der Waals surface area contributed by atoms with Gasteiger partial charge < -0.3 is 9.15 Å². The van der Waals surface area contributed by atoms with E-state index in [0.717, 1.165) is 6.42 Å². The number of aryl methyl sites for hydroxylation is 1. The number of rotatable bonds is 4. The molecular formula is C16H17F3O3. The van der Waals surface area contributed by atoms with E-state index >= 15 is 0 Å². The third-order valence-electron chi connectivity index (χ3n) is 3.37. The van der Waals surface area contributed by atoms with Gasteiger partial charge in [-0.1, -0.05) is 13.8 Å². The minimum absolute atomic E-state index is 0.0816. The lowest BCUT2D eigenvalue weighted by Gasteiger charge is -2.14. The van der Waals surface area contributed by atoms with Crippen molar-refractivity contribution in [3.8, 4) is 5.75 Å². The SMILES string of the molecule is Cc1c(OCCC(C)C)ccc2c(C(F)(F)F)cc(=O)oc12. The Labute approximate surface area is 125 Å². The molecule has 0 fully saturated rings. The first-order valence-corrected chi connectivity index (χ1v) is 6.97. The Bertz CT molecular complexity index is 730. The molecule has 2 rings (SSSR count). The van der Waals surface area contributed by atoms with E-state index in [9.17, 15) is 18.0 Å². The topological polar surface area (TPSA) is 39.4 Å². The van der Waals surface area contributed by atoms with Gasteiger partial charge in [0.2, 0.25) is 0 Å². The second-order valence-electron chi connectivity index (χ2n) is 5.57. The fourth-order valence-corrected chi connectivity index (χ4v) is 2.14. The zero-order valence-corrected chi connectivity index (χ0v) is 12.6. The molecule has 22 heavy (non-hydrogen) atoms. The Morgan fingerprint density at radius 1 is 1.27 bits per heavy atom. The Balaban J connectivity index is 2.50. The van der Waals surface area contributed by atoms with Gasteiger partial charge in [-0.15, -0.1) is 0 Å². The van der Waals surface area contributed by atoms with E-state index in [-0.39, 0.29) is 11.0 Å². The molecule has 0 radical (unpaired) electrons. The van der Waals surface area contributed by atoms with Gasteiger partial charge in [-0.05, 0) is 31.4 Å². The number of hydrogen-bond donors (Lipinski definition) is 0. The monoisotopic (exact) mass is 314 g/mol. The molecule has 0 aliphatic rings. The Kier molecular flexibility index (Phi) is 4.49. The normalized spacial score (nSPS) is 12.1. The molecule has 0 unspecified atom stereocenters. The van der Waals surface area contributed by atoms with Crippen LogP contribution in [0.2, 0.25) is 0 Å². The summed E-state index contributed by atoms with van der Waals surface area (Å²) in [5.74, 6) is 0.881. The highest BCUT2D eigenvalue weighted by Gasteiger charge is 2.34. The summed E-state index contributed by atoms with van der Waals surface area (Å²) in [6.45, 7) is 6.12. The van der Waals surface area contributed by atoms with Crippen LogP contribution in [0, 0.1) is 12.8 Å². The largest absolute Gasteiger partial charge is 0.493 e. The van der Waals surface area contributed by atoms with Crippen molar-refractivity contribution in [2.45, 2.75) is 33.4 Å². The van der Waals surface area contributed by atoms with Crippen LogP contribution in [0.15, 0.2) is 27.4 Å². The van der Waals surface area contributed by atoms with E-state index < -0.39 is 17.4 Å². The molecular weight excluding hydrogens is 297 g/mol. The third-order valence-corrected chi connectivity index (χ3v) is 3.37. The third kappa shape index (κ3) is 3.43. The van der Waals surface area contributed by atoms with Crippen LogP contribution < -0.4 is 10.4 Å². The Morgan fingerprint density at radius 2 is 1.95 bits per heavy atom. The van der Waals surface area contributed by atoms with Gasteiger partial charge in [-0.25, -0.2) is 4.79 Å². The van der Waals surface area contributed by atoms with Crippen molar-refractivity contribution in [2.24, 2.45) is 5.92 Å². The van der Waals surface area contributed by atoms with Crippen molar-refractivity contribution in [2.75, 3.05) is 6.61 Å². The summed E-state index contributed by atoms with van der Waals surface area (Å²) in [6, 6.07) is 3.23. The van der Waals surface area contributed by atoms with Crippen molar-refractivity contribution in [1.29, 1.82) is 0 Å². The smallest absolute Gasteiger partial charge is 0.417 e. The molecule has 1 aromatic carbocycles. The van der Waals surface area contributed by atoms with E-state index in [0.29, 0.717) is 29.9 Å². The standard InChI is InChI=1S/C16H17F3O3/c1-9(2)6-7-21-13-5-4-11-12(16(17,18)19)8-14(20)22-15(11)10(13)3/h4-5,8-9H,6-7H2,1-3H3. The van der Waals surface area contributed by atoms with Crippen molar-refractivity contribution in [1.82, 2.24) is 0 Å². The lowest BCUT2D eigenvalue weighted by Crippen LogP contribution is -2.11. The highest BCUT2D eigenvalue weighted by molar-refractivity contribution is 5.85. The number of fused-ring (bicyclic) bond motifs is 1. The Morgan fingerprint density at radius 3 is 2.55 bits per heavy atom. The molecule has 0 aliphatic carbocycles. The predicted octanol–water partition coefficient (Wildman–Crippen LogP) is 4.55. The molecule has 0 spiro atoms. The van der Waals surface area contributed by atoms with Crippen molar-refractivity contribution in [3.63, 3.8) is 0 Å². The van der Waals surface area contributed by atoms with Gasteiger partial charge in [0.05, 0.1) is 12.2 Å². The minimum atomic E-state index is -4.61. The summed E-state index contributed by atoms with van der Waals surface area (Å²) in [6.07, 6.45) is -3.79. The summed E-state index contributed by atoms with van der Waals surface area (Å²) in [5.41, 5.74) is -1.70. The van der Waals surface area contributed by atoms with Gasteiger partial charge in [0.25, 0.3) is 0 Å². The number of halogens is 3. The molecule has 0 N–H and O–H groups in total. The number of ether oxygens (including phenoxy) is 1. The average molecular weight is 314 g/mol. The van der Waals surface area contributed by atoms with Crippen LogP contribution in [0.1, 0.15) is 31.4 Å². The molecule has 2 aromatic rings. The van der Waals surface area contributed by atoms with Gasteiger partial charge in [0.1, 0.15) is 11.3 Å². The lowest BCUT2D eigenvalue weighted by atomic mass is 10.1. The van der Waals surface area contributed by atoms with E-state index in [1.807, 2.05) is 13.8 Å². The maximum absolute atomic E-state index is 13.0. The summed E-state index contributed by atoms with van der Waals surface area (Å²) >= 11 is 0. The number of hydrogen-bond acceptors (Lipinski definition) is 3. The van der Waals surface area contributed by atoms with Crippen LogP contribution >= 0.6 is 0 Å². The first-order valence-electron chi connectivity index (χ1n) is 6.97. The lowest BCUT2D eigenvalue weighted by molar-refractivity contribution is -0.136. The van der Waals surface area contributed by atoms with Gasteiger partial charge in [-0.2, -0.15) is 13.2 Å². The first-order chi connectivity index (χ1) is 10.2. The van der Waals surface area contributed by atoms with E-state index in [2.05, 4.69) is 0 Å². The molecule has 0 atom stereocenters. The van der Waals surface area contributed by atoms with Gasteiger partial charge in [0, 0.05) is 17.0 Å². The van der Waals surface area contributed by atoms with Crippen LogP contribution in [-0.4, -0.2) is 6.61 Å². The Hall–Kier alpha value is -1.98. The highest BCUT2D eigenvalue weighted by atomic mass is 19.4. The average Bonchev–Trinajstić information content (AvgIpc) is 2.40. The van der Waals surface area contributed by atoms with E-state index in [1.165, 1.54) is 12.1 Å². The van der Waals surface area contributed by atoms with Crippen LogP contribution in [0.4, 0.5) is 13.2 Å². The van der Waals surface area contributed by atoms with E-state index in [1.54, 1.807) is 6.92 Å². The molecule has 3 nitrogen and oxygen atoms in total. The summed E-state index contributed by atoms with van der Waals surface area (Å²) in [4.78, 5) is 11.4. The van der Waals surface area contributed by atoms with Crippen LogP contribution in [0.5, 0.6) is 5.75 Å². The predicted molar refractivity (Wildman–Crippen MR) is 77.2 cm³/mol. The minimum Gasteiger partial charge on any atom is -0.493 e. The zero-order chi connectivity index (χ0) is 16.5. The molecule has 1 aromatic heterocycles. The second kappa shape index (κ2) is 6.02. The molecule has 0 saturated heterocycles. The van der Waals surface area contributed by atoms with Crippen LogP contribution in [0.25, 0.3) is 11.0 Å². The first kappa shape index (κ1) is 16.4. The maximum Gasteiger partial charge on any atom is 0.417 e. The van der Waals surface area contributed by atoms with Gasteiger partial charge in [-0.3, -0.25) is 0 Å². The molecule has 6 heteroatoms. The highest BCUT2D eigenvalue weighted by Crippen LogP contribution is 2.36. The quantitative estimate of drug-likeness (QED) is 0.778. The summed E-state index contributed by atoms with van der Waals surface area (Å²) < 4.78 is 49.6. The second-order valence-corrected chi connectivity index (χ2v) is 5.57. The van der Waals surface area contributed by atoms with Crippen LogP contribution in [-0.2, 0) is 6.18 Å². The van der Waals surface area contributed by atoms with Crippen molar-refractivity contribution >= 4 is 11.0 Å². The van der Waals surface area contributed by atoms with Gasteiger partial charge in [0.15, 0.2) is 0 Å². The van der Waals surface area contributed by atoms with Crippen molar-refractivity contribution < 1.29 is 22.3 Å². The number of alkyl halides is 3. The molecule has 1 heterocycles. The summed E-state index contributed by atoms with van der Waals surface area (Å²) in [7, 11) is 0. The van der Waals surface area contributed by atoms with Crippen molar-refractivity contribution in [3.05, 3.63) is 39.7 Å². The van der Waals surface area contributed by atoms with E-state index in [4.69, 9.17) is 9.15 Å². The molecule has 120 valence electrons. The molecule has 0 aliphatic heterocycles. The molecule has 0 bridgehead atoms. The number of benzene rings is 1. The zero-order valence-electron chi connectivity index (χ0n) is 12.6. The fraction of sp³-hybridized carbons (Fsp3) is 0.438. The maximum atomic E-state index is 13.0. The molecule has 0 amide bonds. The fourth-order valence-electron chi connectivity index (χ4n) is 2.14. The van der Waals surface area contributed by atoms with Crippen LogP contribution in [0.3, 0.4) is 0 Å². The molecule has 0 saturated carbocycles. The van der Waals surface area contributed by atoms with Gasteiger partial charge >= 0.3 is 11.8 Å². The summed E-state index contributed by atoms with van der Waals surface area (Å²) in [5, 5.41) is -0.138.